The van der Waals surface area contributed by atoms with Crippen LogP contribution in [0.1, 0.15) is 35.2 Å². The smallest absolute Gasteiger partial charge is 0.316 e. The molecule has 0 saturated heterocycles. The summed E-state index contributed by atoms with van der Waals surface area (Å²) in [6.07, 6.45) is 5.46. The van der Waals surface area contributed by atoms with Gasteiger partial charge in [-0.3, -0.25) is 14.4 Å². The van der Waals surface area contributed by atoms with Gasteiger partial charge in [0.05, 0.1) is 12.5 Å². The van der Waals surface area contributed by atoms with Crippen molar-refractivity contribution in [2.75, 3.05) is 12.4 Å². The van der Waals surface area contributed by atoms with Crippen LogP contribution in [0.2, 0.25) is 5.02 Å². The van der Waals surface area contributed by atoms with Gasteiger partial charge in [-0.05, 0) is 67.3 Å². The van der Waals surface area contributed by atoms with Crippen LogP contribution in [-0.4, -0.2) is 24.9 Å². The number of halogens is 1. The third-order valence-corrected chi connectivity index (χ3v) is 5.83. The van der Waals surface area contributed by atoms with Crippen molar-refractivity contribution < 1.29 is 19.1 Å². The Labute approximate surface area is 184 Å². The van der Waals surface area contributed by atoms with E-state index < -0.39 is 5.41 Å². The lowest BCUT2D eigenvalue weighted by Crippen LogP contribution is -2.26. The van der Waals surface area contributed by atoms with Crippen LogP contribution < -0.4 is 10.6 Å². The zero-order chi connectivity index (χ0) is 22.0. The fourth-order valence-electron chi connectivity index (χ4n) is 3.64. The zero-order valence-corrected chi connectivity index (χ0v) is 17.7. The van der Waals surface area contributed by atoms with Gasteiger partial charge >= 0.3 is 5.97 Å². The summed E-state index contributed by atoms with van der Waals surface area (Å²) < 4.78 is 4.90. The van der Waals surface area contributed by atoms with Crippen molar-refractivity contribution in [2.24, 2.45) is 0 Å². The molecule has 0 bridgehead atoms. The van der Waals surface area contributed by atoms with Crippen LogP contribution in [0.4, 0.5) is 5.69 Å². The molecule has 0 unspecified atom stereocenters. The molecule has 2 amide bonds. The molecule has 2 aliphatic carbocycles. The number of benzene rings is 2. The van der Waals surface area contributed by atoms with Crippen LogP contribution in [0, 0.1) is 0 Å². The molecular weight excluding hydrogens is 416 g/mol. The number of rotatable bonds is 6. The largest absolute Gasteiger partial charge is 0.468 e. The van der Waals surface area contributed by atoms with E-state index in [9.17, 15) is 14.4 Å². The van der Waals surface area contributed by atoms with E-state index in [2.05, 4.69) is 10.6 Å². The monoisotopic (exact) mass is 436 g/mol. The molecule has 2 aromatic rings. The van der Waals surface area contributed by atoms with Gasteiger partial charge in [-0.2, -0.15) is 0 Å². The van der Waals surface area contributed by atoms with E-state index in [0.29, 0.717) is 34.0 Å². The molecule has 2 N–H and O–H groups in total. The van der Waals surface area contributed by atoms with Crippen molar-refractivity contribution in [2.45, 2.75) is 24.7 Å². The van der Waals surface area contributed by atoms with Crippen LogP contribution in [0.5, 0.6) is 0 Å². The molecule has 0 aliphatic heterocycles. The number of ether oxygens (including phenoxy) is 1. The summed E-state index contributed by atoms with van der Waals surface area (Å²) in [4.78, 5) is 37.4. The van der Waals surface area contributed by atoms with Crippen molar-refractivity contribution in [3.8, 4) is 0 Å². The molecule has 2 aromatic carbocycles. The molecule has 31 heavy (non-hydrogen) atoms. The lowest BCUT2D eigenvalue weighted by Gasteiger charge is -2.14. The second-order valence-electron chi connectivity index (χ2n) is 7.56. The summed E-state index contributed by atoms with van der Waals surface area (Å²) >= 11 is 5.87. The fraction of sp³-hybridized carbons (Fsp3) is 0.208. The van der Waals surface area contributed by atoms with E-state index in [1.807, 2.05) is 6.08 Å². The number of hydrogen-bond donors (Lipinski definition) is 2. The summed E-state index contributed by atoms with van der Waals surface area (Å²) in [7, 11) is 1.38. The first kappa shape index (κ1) is 20.9. The number of esters is 1. The highest BCUT2D eigenvalue weighted by atomic mass is 35.5. The van der Waals surface area contributed by atoms with Gasteiger partial charge in [-0.15, -0.1) is 0 Å². The quantitative estimate of drug-likeness (QED) is 0.667. The highest BCUT2D eigenvalue weighted by Crippen LogP contribution is 2.49. The Morgan fingerprint density at radius 2 is 1.61 bits per heavy atom. The average molecular weight is 437 g/mol. The molecule has 158 valence electrons. The summed E-state index contributed by atoms with van der Waals surface area (Å²) in [6, 6.07) is 13.7. The number of amides is 2. The van der Waals surface area contributed by atoms with Gasteiger partial charge in [-0.1, -0.05) is 29.8 Å². The van der Waals surface area contributed by atoms with Gasteiger partial charge in [-0.25, -0.2) is 0 Å². The highest BCUT2D eigenvalue weighted by Gasteiger charge is 2.52. The van der Waals surface area contributed by atoms with Crippen LogP contribution >= 0.6 is 11.6 Å². The SMILES string of the molecule is COC(=O)C1(c2ccc(C(=O)NC3=C(C(=O)Nc4ccc(Cl)cc4)CC=C3)cc2)CC1. The zero-order valence-electron chi connectivity index (χ0n) is 16.9. The van der Waals surface area contributed by atoms with Crippen molar-refractivity contribution in [1.82, 2.24) is 5.32 Å². The molecule has 6 nitrogen and oxygen atoms in total. The molecule has 4 rings (SSSR count). The summed E-state index contributed by atoms with van der Waals surface area (Å²) in [6.45, 7) is 0. The Balaban J connectivity index is 1.45. The predicted octanol–water partition coefficient (Wildman–Crippen LogP) is 4.13. The van der Waals surface area contributed by atoms with Gasteiger partial charge in [0.15, 0.2) is 0 Å². The number of anilines is 1. The van der Waals surface area contributed by atoms with Crippen LogP contribution in [-0.2, 0) is 19.7 Å². The third kappa shape index (κ3) is 4.25. The molecule has 2 aliphatic rings. The number of methoxy groups -OCH3 is 1. The lowest BCUT2D eigenvalue weighted by molar-refractivity contribution is -0.143. The van der Waals surface area contributed by atoms with E-state index in [1.165, 1.54) is 7.11 Å². The first-order valence-corrected chi connectivity index (χ1v) is 10.3. The third-order valence-electron chi connectivity index (χ3n) is 5.58. The minimum atomic E-state index is -0.576. The van der Waals surface area contributed by atoms with E-state index in [4.69, 9.17) is 16.3 Å². The maximum atomic E-state index is 12.7. The maximum Gasteiger partial charge on any atom is 0.316 e. The number of carbonyl (C=O) groups is 3. The summed E-state index contributed by atoms with van der Waals surface area (Å²) in [5.74, 6) is -0.859. The van der Waals surface area contributed by atoms with Gasteiger partial charge in [0.25, 0.3) is 11.8 Å². The predicted molar refractivity (Wildman–Crippen MR) is 118 cm³/mol. The topological polar surface area (TPSA) is 84.5 Å². The van der Waals surface area contributed by atoms with Crippen LogP contribution in [0.3, 0.4) is 0 Å². The highest BCUT2D eigenvalue weighted by molar-refractivity contribution is 6.30. The molecule has 0 heterocycles. The van der Waals surface area contributed by atoms with Crippen molar-refractivity contribution in [1.29, 1.82) is 0 Å². The second kappa shape index (κ2) is 8.40. The van der Waals surface area contributed by atoms with E-state index in [-0.39, 0.29) is 17.8 Å². The second-order valence-corrected chi connectivity index (χ2v) is 8.00. The Kier molecular flexibility index (Phi) is 5.65. The van der Waals surface area contributed by atoms with Gasteiger partial charge in [0, 0.05) is 27.5 Å². The van der Waals surface area contributed by atoms with Crippen molar-refractivity contribution >= 4 is 35.1 Å². The first-order chi connectivity index (χ1) is 14.9. The van der Waals surface area contributed by atoms with E-state index in [0.717, 1.165) is 18.4 Å². The Morgan fingerprint density at radius 1 is 0.935 bits per heavy atom. The molecule has 1 fully saturated rings. The maximum absolute atomic E-state index is 12.7. The minimum absolute atomic E-state index is 0.248. The molecule has 0 atom stereocenters. The Bertz CT molecular complexity index is 1100. The van der Waals surface area contributed by atoms with Crippen LogP contribution in [0.15, 0.2) is 72.0 Å². The Morgan fingerprint density at radius 3 is 2.23 bits per heavy atom. The van der Waals surface area contributed by atoms with Crippen molar-refractivity contribution in [3.05, 3.63) is 88.1 Å². The van der Waals surface area contributed by atoms with Crippen LogP contribution in [0.25, 0.3) is 0 Å². The van der Waals surface area contributed by atoms with E-state index >= 15 is 0 Å². The number of nitrogens with one attached hydrogen (secondary N) is 2. The average Bonchev–Trinajstić information content (AvgIpc) is 3.47. The molecule has 0 aromatic heterocycles. The molecular formula is C24H21ClN2O4. The van der Waals surface area contributed by atoms with Gasteiger partial charge < -0.3 is 15.4 Å². The fourth-order valence-corrected chi connectivity index (χ4v) is 3.77. The minimum Gasteiger partial charge on any atom is -0.468 e. The molecule has 1 saturated carbocycles. The van der Waals surface area contributed by atoms with Crippen molar-refractivity contribution in [3.63, 3.8) is 0 Å². The first-order valence-electron chi connectivity index (χ1n) is 9.90. The standard InChI is InChI=1S/C24H21ClN2O4/c1-31-23(30)24(13-14-24)16-7-5-15(6-8-16)21(28)27-20-4-2-3-19(20)22(29)26-18-11-9-17(25)10-12-18/h2,4-12H,3,13-14H2,1H3,(H,26,29)(H,27,28). The lowest BCUT2D eigenvalue weighted by atomic mass is 9.95. The molecule has 7 heteroatoms. The summed E-state index contributed by atoms with van der Waals surface area (Å²) in [5, 5.41) is 6.20. The van der Waals surface area contributed by atoms with Gasteiger partial charge in [0.1, 0.15) is 0 Å². The van der Waals surface area contributed by atoms with E-state index in [1.54, 1.807) is 54.6 Å². The normalized spacial score (nSPS) is 16.1. The van der Waals surface area contributed by atoms with Gasteiger partial charge in [0.2, 0.25) is 0 Å². The number of carbonyl (C=O) groups excluding carboxylic acids is 3. The molecule has 0 spiro atoms. The molecule has 0 radical (unpaired) electrons. The number of allylic oxidation sites excluding steroid dienone is 2. The Hall–Kier alpha value is -3.38. The summed E-state index contributed by atoms with van der Waals surface area (Å²) in [5.41, 5.74) is 2.27. The number of hydrogen-bond acceptors (Lipinski definition) is 4.